The number of hydrogen-bond acceptors (Lipinski definition) is 2. The minimum Gasteiger partial charge on any atom is -0.256 e. The summed E-state index contributed by atoms with van der Waals surface area (Å²) in [5.41, 5.74) is 1.97. The lowest BCUT2D eigenvalue weighted by Crippen LogP contribution is -1.94. The maximum Gasteiger partial charge on any atom is 0.150 e. The average molecular weight is 284 g/mol. The topological polar surface area (TPSA) is 25.8 Å². The van der Waals surface area contributed by atoms with E-state index in [9.17, 15) is 0 Å². The van der Waals surface area contributed by atoms with Crippen LogP contribution in [0.5, 0.6) is 0 Å². The highest BCUT2D eigenvalue weighted by Gasteiger charge is 2.03. The number of benzene rings is 1. The molecule has 0 radical (unpaired) electrons. The molecule has 0 aliphatic heterocycles. The molecule has 1 aromatic carbocycles. The molecule has 76 valence electrons. The van der Waals surface area contributed by atoms with Crippen LogP contribution in [0.3, 0.4) is 0 Å². The van der Waals surface area contributed by atoms with E-state index in [0.29, 0.717) is 11.6 Å². The van der Waals surface area contributed by atoms with Gasteiger partial charge in [-0.15, -0.1) is 0 Å². The summed E-state index contributed by atoms with van der Waals surface area (Å²) >= 11 is 9.31. The van der Waals surface area contributed by atoms with E-state index in [4.69, 9.17) is 11.6 Å². The van der Waals surface area contributed by atoms with Crippen molar-refractivity contribution in [2.45, 2.75) is 6.42 Å². The lowest BCUT2D eigenvalue weighted by molar-refractivity contribution is 1.03. The maximum atomic E-state index is 5.92. The highest BCUT2D eigenvalue weighted by molar-refractivity contribution is 9.10. The Labute approximate surface area is 101 Å². The molecule has 0 aliphatic rings. The molecular weight excluding hydrogens is 275 g/mol. The molecule has 2 aromatic rings. The lowest BCUT2D eigenvalue weighted by atomic mass is 10.1. The van der Waals surface area contributed by atoms with Crippen LogP contribution in [0.4, 0.5) is 0 Å². The van der Waals surface area contributed by atoms with Crippen LogP contribution in [0.15, 0.2) is 41.1 Å². The van der Waals surface area contributed by atoms with Crippen LogP contribution in [0.1, 0.15) is 11.3 Å². The molecule has 0 unspecified atom stereocenters. The first kappa shape index (κ1) is 10.6. The van der Waals surface area contributed by atoms with Gasteiger partial charge >= 0.3 is 0 Å². The minimum absolute atomic E-state index is 0.473. The third kappa shape index (κ3) is 2.76. The molecule has 0 saturated heterocycles. The smallest absolute Gasteiger partial charge is 0.150 e. The zero-order valence-electron chi connectivity index (χ0n) is 7.82. The average Bonchev–Trinajstić information content (AvgIpc) is 2.25. The van der Waals surface area contributed by atoms with Gasteiger partial charge in [-0.25, -0.2) is 4.98 Å². The van der Waals surface area contributed by atoms with Gasteiger partial charge in [0.25, 0.3) is 0 Å². The van der Waals surface area contributed by atoms with Crippen molar-refractivity contribution in [3.63, 3.8) is 0 Å². The van der Waals surface area contributed by atoms with E-state index >= 15 is 0 Å². The van der Waals surface area contributed by atoms with Crippen molar-refractivity contribution in [2.75, 3.05) is 0 Å². The molecule has 0 atom stereocenters. The Kier molecular flexibility index (Phi) is 3.34. The van der Waals surface area contributed by atoms with Gasteiger partial charge in [-0.2, -0.15) is 0 Å². The van der Waals surface area contributed by atoms with Crippen LogP contribution in [0.2, 0.25) is 5.15 Å². The van der Waals surface area contributed by atoms with Gasteiger partial charge in [0.2, 0.25) is 0 Å². The molecule has 0 fully saturated rings. The minimum atomic E-state index is 0.473. The summed E-state index contributed by atoms with van der Waals surface area (Å²) in [5.74, 6) is 0. The molecular formula is C11H8BrClN2. The van der Waals surface area contributed by atoms with Crippen LogP contribution >= 0.6 is 27.5 Å². The van der Waals surface area contributed by atoms with E-state index in [0.717, 1.165) is 10.2 Å². The highest BCUT2D eigenvalue weighted by Crippen LogP contribution is 2.16. The summed E-state index contributed by atoms with van der Waals surface area (Å²) < 4.78 is 1.07. The molecule has 1 aromatic heterocycles. The standard InChI is InChI=1S/C11H8BrClN2/c12-9-3-1-8(2-4-9)7-10-11(13)15-6-5-14-10/h1-6H,7H2. The number of aromatic nitrogens is 2. The monoisotopic (exact) mass is 282 g/mol. The zero-order valence-corrected chi connectivity index (χ0v) is 10.2. The second-order valence-electron chi connectivity index (χ2n) is 3.10. The molecule has 0 N–H and O–H groups in total. The van der Waals surface area contributed by atoms with Crippen molar-refractivity contribution in [1.29, 1.82) is 0 Å². The third-order valence-corrected chi connectivity index (χ3v) is 2.85. The van der Waals surface area contributed by atoms with Crippen LogP contribution in [0.25, 0.3) is 0 Å². The predicted molar refractivity (Wildman–Crippen MR) is 64.0 cm³/mol. The van der Waals surface area contributed by atoms with E-state index < -0.39 is 0 Å². The van der Waals surface area contributed by atoms with Crippen LogP contribution in [-0.2, 0) is 6.42 Å². The van der Waals surface area contributed by atoms with E-state index in [1.807, 2.05) is 24.3 Å². The van der Waals surface area contributed by atoms with Crippen molar-refractivity contribution in [1.82, 2.24) is 9.97 Å². The van der Waals surface area contributed by atoms with E-state index in [-0.39, 0.29) is 0 Å². The third-order valence-electron chi connectivity index (χ3n) is 2.01. The second-order valence-corrected chi connectivity index (χ2v) is 4.37. The van der Waals surface area contributed by atoms with Crippen molar-refractivity contribution < 1.29 is 0 Å². The Morgan fingerprint density at radius 1 is 1.07 bits per heavy atom. The van der Waals surface area contributed by atoms with Crippen molar-refractivity contribution >= 4 is 27.5 Å². The fourth-order valence-electron chi connectivity index (χ4n) is 1.26. The largest absolute Gasteiger partial charge is 0.256 e. The molecule has 15 heavy (non-hydrogen) atoms. The summed E-state index contributed by atoms with van der Waals surface area (Å²) in [5, 5.41) is 0.473. The molecule has 0 saturated carbocycles. The normalized spacial score (nSPS) is 10.3. The first-order chi connectivity index (χ1) is 7.25. The van der Waals surface area contributed by atoms with E-state index in [2.05, 4.69) is 25.9 Å². The quantitative estimate of drug-likeness (QED) is 0.843. The Morgan fingerprint density at radius 2 is 1.73 bits per heavy atom. The van der Waals surface area contributed by atoms with Gasteiger partial charge in [-0.3, -0.25) is 4.98 Å². The van der Waals surface area contributed by atoms with Gasteiger partial charge in [-0.1, -0.05) is 39.7 Å². The molecule has 2 nitrogen and oxygen atoms in total. The fourth-order valence-corrected chi connectivity index (χ4v) is 1.70. The maximum absolute atomic E-state index is 5.92. The van der Waals surface area contributed by atoms with Crippen LogP contribution < -0.4 is 0 Å². The summed E-state index contributed by atoms with van der Waals surface area (Å²) in [6, 6.07) is 8.07. The second kappa shape index (κ2) is 4.73. The van der Waals surface area contributed by atoms with Crippen molar-refractivity contribution in [3.05, 3.63) is 57.5 Å². The number of rotatable bonds is 2. The molecule has 4 heteroatoms. The van der Waals surface area contributed by atoms with E-state index in [1.165, 1.54) is 5.56 Å². The van der Waals surface area contributed by atoms with Gasteiger partial charge in [-0.05, 0) is 17.7 Å². The Hall–Kier alpha value is -0.930. The van der Waals surface area contributed by atoms with Gasteiger partial charge in [0.05, 0.1) is 5.69 Å². The summed E-state index contributed by atoms with van der Waals surface area (Å²) in [6.07, 6.45) is 3.95. The molecule has 0 spiro atoms. The predicted octanol–water partition coefficient (Wildman–Crippen LogP) is 3.48. The van der Waals surface area contributed by atoms with Crippen LogP contribution in [0, 0.1) is 0 Å². The SMILES string of the molecule is Clc1nccnc1Cc1ccc(Br)cc1. The van der Waals surface area contributed by atoms with Crippen LogP contribution in [-0.4, -0.2) is 9.97 Å². The fraction of sp³-hybridized carbons (Fsp3) is 0.0909. The highest BCUT2D eigenvalue weighted by atomic mass is 79.9. The summed E-state index contributed by atoms with van der Waals surface area (Å²) in [6.45, 7) is 0. The van der Waals surface area contributed by atoms with Crippen molar-refractivity contribution in [2.24, 2.45) is 0 Å². The number of hydrogen-bond donors (Lipinski definition) is 0. The summed E-state index contributed by atoms with van der Waals surface area (Å²) in [4.78, 5) is 8.18. The van der Waals surface area contributed by atoms with Gasteiger partial charge < -0.3 is 0 Å². The molecule has 1 heterocycles. The Bertz CT molecular complexity index is 456. The first-order valence-corrected chi connectivity index (χ1v) is 5.62. The Balaban J connectivity index is 2.22. The number of halogens is 2. The van der Waals surface area contributed by atoms with Gasteiger partial charge in [0.15, 0.2) is 5.15 Å². The molecule has 0 aliphatic carbocycles. The van der Waals surface area contributed by atoms with E-state index in [1.54, 1.807) is 12.4 Å². The molecule has 0 amide bonds. The lowest BCUT2D eigenvalue weighted by Gasteiger charge is -2.02. The Morgan fingerprint density at radius 3 is 2.40 bits per heavy atom. The van der Waals surface area contributed by atoms with Gasteiger partial charge in [0, 0.05) is 23.3 Å². The number of nitrogens with zero attached hydrogens (tertiary/aromatic N) is 2. The summed E-state index contributed by atoms with van der Waals surface area (Å²) in [7, 11) is 0. The first-order valence-electron chi connectivity index (χ1n) is 4.45. The molecule has 0 bridgehead atoms. The van der Waals surface area contributed by atoms with Crippen molar-refractivity contribution in [3.8, 4) is 0 Å². The zero-order chi connectivity index (χ0) is 10.7. The molecule has 2 rings (SSSR count). The van der Waals surface area contributed by atoms with Gasteiger partial charge in [0.1, 0.15) is 0 Å².